The summed E-state index contributed by atoms with van der Waals surface area (Å²) in [4.78, 5) is 12.7. The summed E-state index contributed by atoms with van der Waals surface area (Å²) in [5.41, 5.74) is 9.05. The van der Waals surface area contributed by atoms with Crippen LogP contribution >= 0.6 is 11.6 Å². The molecule has 0 atom stereocenters. The Labute approximate surface area is 194 Å². The number of carbonyl (C=O) groups is 1. The first-order chi connectivity index (χ1) is 14.6. The summed E-state index contributed by atoms with van der Waals surface area (Å²) in [6.07, 6.45) is 6.88. The van der Waals surface area contributed by atoms with Crippen molar-refractivity contribution in [2.45, 2.75) is 66.7 Å². The predicted octanol–water partition coefficient (Wildman–Crippen LogP) is 7.33. The zero-order valence-corrected chi connectivity index (χ0v) is 21.4. The molecule has 0 N–H and O–H groups in total. The molecule has 1 aliphatic heterocycles. The molecule has 1 aromatic carbocycles. The molecular formula is C27H39ClNO2+. The fourth-order valence-electron chi connectivity index (χ4n) is 4.43. The summed E-state index contributed by atoms with van der Waals surface area (Å²) in [7, 11) is 5.93. The highest BCUT2D eigenvalue weighted by molar-refractivity contribution is 6.33. The van der Waals surface area contributed by atoms with Crippen LogP contribution < -0.4 is 0 Å². The number of ether oxygens (including phenoxy) is 1. The summed E-state index contributed by atoms with van der Waals surface area (Å²) in [6.45, 7) is 11.8. The number of hydrogen-bond donors (Lipinski definition) is 0. The van der Waals surface area contributed by atoms with Gasteiger partial charge in [0.05, 0.1) is 21.2 Å². The molecule has 1 aliphatic rings. The lowest BCUT2D eigenvalue weighted by Crippen LogP contribution is -2.40. The second-order valence-corrected chi connectivity index (χ2v) is 9.52. The average molecular weight is 445 g/mol. The fourth-order valence-corrected chi connectivity index (χ4v) is 4.73. The minimum atomic E-state index is -0.217. The summed E-state index contributed by atoms with van der Waals surface area (Å²) in [5, 5.41) is 0.759. The Morgan fingerprint density at radius 3 is 2.35 bits per heavy atom. The van der Waals surface area contributed by atoms with Crippen LogP contribution in [0, 0.1) is 6.92 Å². The van der Waals surface area contributed by atoms with Gasteiger partial charge in [0, 0.05) is 28.7 Å². The van der Waals surface area contributed by atoms with Crippen molar-refractivity contribution in [3.63, 3.8) is 0 Å². The summed E-state index contributed by atoms with van der Waals surface area (Å²) >= 11 is 6.82. The van der Waals surface area contributed by atoms with E-state index in [9.17, 15) is 4.79 Å². The highest BCUT2D eigenvalue weighted by Crippen LogP contribution is 2.42. The van der Waals surface area contributed by atoms with E-state index in [0.29, 0.717) is 6.42 Å². The van der Waals surface area contributed by atoms with E-state index in [1.807, 2.05) is 6.07 Å². The Morgan fingerprint density at radius 1 is 1.10 bits per heavy atom. The van der Waals surface area contributed by atoms with Crippen molar-refractivity contribution < 1.29 is 14.0 Å². The quantitative estimate of drug-likeness (QED) is 0.238. The van der Waals surface area contributed by atoms with Crippen LogP contribution in [0.2, 0.25) is 5.02 Å². The van der Waals surface area contributed by atoms with E-state index in [1.165, 1.54) is 24.0 Å². The molecule has 0 saturated heterocycles. The first-order valence-electron chi connectivity index (χ1n) is 11.4. The van der Waals surface area contributed by atoms with E-state index < -0.39 is 0 Å². The van der Waals surface area contributed by atoms with Gasteiger partial charge in [0.15, 0.2) is 0 Å². The molecule has 4 heteroatoms. The fraction of sp³-hybridized carbons (Fsp3) is 0.519. The third kappa shape index (κ3) is 5.32. The van der Waals surface area contributed by atoms with Gasteiger partial charge in [-0.3, -0.25) is 4.48 Å². The molecule has 170 valence electrons. The van der Waals surface area contributed by atoms with Gasteiger partial charge in [-0.1, -0.05) is 44.4 Å². The van der Waals surface area contributed by atoms with Gasteiger partial charge >= 0.3 is 5.97 Å². The summed E-state index contributed by atoms with van der Waals surface area (Å²) in [5.74, 6) is -0.217. The number of benzene rings is 1. The Kier molecular flexibility index (Phi) is 8.73. The number of hydrogen-bond acceptors (Lipinski definition) is 2. The van der Waals surface area contributed by atoms with Crippen LogP contribution in [-0.2, 0) is 9.53 Å². The van der Waals surface area contributed by atoms with Crippen LogP contribution in [-0.4, -0.2) is 38.2 Å². The maximum Gasteiger partial charge on any atom is 0.334 e. The van der Waals surface area contributed by atoms with E-state index in [-0.39, 0.29) is 5.97 Å². The van der Waals surface area contributed by atoms with E-state index in [4.69, 9.17) is 16.3 Å². The third-order valence-electron chi connectivity index (χ3n) is 6.58. The van der Waals surface area contributed by atoms with Crippen molar-refractivity contribution in [1.29, 1.82) is 0 Å². The van der Waals surface area contributed by atoms with Crippen LogP contribution in [0.1, 0.15) is 76.5 Å². The van der Waals surface area contributed by atoms with Crippen molar-refractivity contribution in [3.8, 4) is 0 Å². The maximum atomic E-state index is 12.7. The molecule has 0 bridgehead atoms. The van der Waals surface area contributed by atoms with Crippen molar-refractivity contribution in [2.75, 3.05) is 27.7 Å². The van der Waals surface area contributed by atoms with Gasteiger partial charge in [0.25, 0.3) is 0 Å². The molecule has 0 aliphatic carbocycles. The number of carbonyl (C=O) groups excluding carboxylic acids is 1. The highest BCUT2D eigenvalue weighted by atomic mass is 35.5. The molecule has 31 heavy (non-hydrogen) atoms. The Bertz CT molecular complexity index is 935. The monoisotopic (exact) mass is 444 g/mol. The Morgan fingerprint density at radius 2 is 1.77 bits per heavy atom. The third-order valence-corrected chi connectivity index (χ3v) is 6.90. The van der Waals surface area contributed by atoms with Gasteiger partial charge in [-0.2, -0.15) is 0 Å². The predicted molar refractivity (Wildman–Crippen MR) is 133 cm³/mol. The van der Waals surface area contributed by atoms with E-state index in [0.717, 1.165) is 69.6 Å². The number of rotatable bonds is 8. The van der Waals surface area contributed by atoms with Gasteiger partial charge in [0.1, 0.15) is 12.2 Å². The van der Waals surface area contributed by atoms with Gasteiger partial charge in [0.2, 0.25) is 0 Å². The molecule has 0 amide bonds. The van der Waals surface area contributed by atoms with Gasteiger partial charge in [-0.25, -0.2) is 4.79 Å². The summed E-state index contributed by atoms with van der Waals surface area (Å²) < 4.78 is 5.99. The van der Waals surface area contributed by atoms with E-state index in [2.05, 4.69) is 60.9 Å². The van der Waals surface area contributed by atoms with Crippen LogP contribution in [0.25, 0.3) is 11.1 Å². The molecule has 1 aromatic rings. The van der Waals surface area contributed by atoms with Crippen molar-refractivity contribution in [2.24, 2.45) is 0 Å². The van der Waals surface area contributed by atoms with Crippen molar-refractivity contribution in [3.05, 3.63) is 56.8 Å². The zero-order valence-electron chi connectivity index (χ0n) is 20.6. The molecular weight excluding hydrogens is 406 g/mol. The average Bonchev–Trinajstić information content (AvgIpc) is 2.73. The lowest BCUT2D eigenvalue weighted by Gasteiger charge is -2.35. The first kappa shape index (κ1) is 25.4. The standard InChI is InChI=1S/C27H39ClNO2/c1-9-11-13-22(23(12-10-2)27(30)31-8)21-14-15-24(28)26(19(21)4)25-18(3)16-17-29(6,7)20(25)5/h14-16H,9-13,17H2,1-8H3/q+1/b23-22+. The number of nitrogens with zero attached hydrogens (tertiary/aromatic N) is 1. The minimum absolute atomic E-state index is 0.217. The lowest BCUT2D eigenvalue weighted by atomic mass is 9.84. The number of methoxy groups -OCH3 is 1. The van der Waals surface area contributed by atoms with Gasteiger partial charge in [-0.15, -0.1) is 0 Å². The van der Waals surface area contributed by atoms with E-state index >= 15 is 0 Å². The summed E-state index contributed by atoms with van der Waals surface area (Å²) in [6, 6.07) is 4.08. The molecule has 0 spiro atoms. The van der Waals surface area contributed by atoms with Gasteiger partial charge < -0.3 is 4.74 Å². The number of quaternary nitrogens is 1. The number of halogens is 1. The lowest BCUT2D eigenvalue weighted by molar-refractivity contribution is -0.846. The number of likely N-dealkylation sites (N-methyl/N-ethyl adjacent to an activating group) is 1. The Balaban J connectivity index is 2.84. The van der Waals surface area contributed by atoms with Crippen LogP contribution in [0.15, 0.2) is 35.1 Å². The normalized spacial score (nSPS) is 16.7. The van der Waals surface area contributed by atoms with Crippen LogP contribution in [0.3, 0.4) is 0 Å². The molecule has 0 saturated carbocycles. The van der Waals surface area contributed by atoms with Gasteiger partial charge in [-0.05, 0) is 67.5 Å². The SMILES string of the molecule is CCCC/C(=C(/CCC)C(=O)OC)c1ccc(Cl)c(C2=C(C)[N+](C)(C)CC=C2C)c1C. The molecule has 3 nitrogen and oxygen atoms in total. The molecule has 2 rings (SSSR count). The minimum Gasteiger partial charge on any atom is -0.466 e. The first-order valence-corrected chi connectivity index (χ1v) is 11.8. The largest absolute Gasteiger partial charge is 0.466 e. The van der Waals surface area contributed by atoms with Crippen LogP contribution in [0.4, 0.5) is 0 Å². The van der Waals surface area contributed by atoms with Crippen LogP contribution in [0.5, 0.6) is 0 Å². The number of unbranched alkanes of at least 4 members (excludes halogenated alkanes) is 1. The van der Waals surface area contributed by atoms with E-state index in [1.54, 1.807) is 0 Å². The zero-order chi connectivity index (χ0) is 23.3. The number of esters is 1. The second kappa shape index (κ2) is 10.7. The topological polar surface area (TPSA) is 26.3 Å². The molecule has 0 fully saturated rings. The maximum absolute atomic E-state index is 12.7. The van der Waals surface area contributed by atoms with Crippen molar-refractivity contribution in [1.82, 2.24) is 0 Å². The molecule has 0 unspecified atom stereocenters. The number of allylic oxidation sites excluding steroid dienone is 4. The molecule has 1 heterocycles. The molecule has 0 radical (unpaired) electrons. The molecule has 0 aromatic heterocycles. The van der Waals surface area contributed by atoms with Crippen molar-refractivity contribution >= 4 is 28.7 Å². The highest BCUT2D eigenvalue weighted by Gasteiger charge is 2.30. The smallest absolute Gasteiger partial charge is 0.334 e. The Hall–Kier alpha value is -1.84. The second-order valence-electron chi connectivity index (χ2n) is 9.11.